The van der Waals surface area contributed by atoms with E-state index in [4.69, 9.17) is 53.5 Å². The number of ether oxygens (including phenoxy) is 12. The Kier molecular flexibility index (Phi) is 46.9. The van der Waals surface area contributed by atoms with Gasteiger partial charge in [0.25, 0.3) is 0 Å². The van der Waals surface area contributed by atoms with Crippen LogP contribution >= 0.6 is 0 Å². The van der Waals surface area contributed by atoms with Crippen molar-refractivity contribution in [3.05, 3.63) is 25.3 Å². The fourth-order valence-corrected chi connectivity index (χ4v) is 13.5. The Morgan fingerprint density at radius 3 is 0.764 bits per heavy atom. The molecule has 6 saturated heterocycles. The van der Waals surface area contributed by atoms with Crippen LogP contribution in [0.4, 0.5) is 0 Å². The molecule has 0 aromatic carbocycles. The maximum Gasteiger partial charge on any atom is 0.340 e. The first-order valence-corrected chi connectivity index (χ1v) is 40.1. The average molecular weight is 1700 g/mol. The number of hydrogen-bond donors (Lipinski definition) is 0. The normalized spacial score (nSPS) is 28.7. The number of rotatable bonds is 28. The van der Waals surface area contributed by atoms with Crippen molar-refractivity contribution in [3.8, 4) is 0 Å². The summed E-state index contributed by atoms with van der Waals surface area (Å²) in [5.41, 5.74) is 0. The Morgan fingerprint density at radius 2 is 0.545 bits per heavy atom. The van der Waals surface area contributed by atoms with E-state index in [1.807, 2.05) is 13.8 Å². The lowest BCUT2D eigenvalue weighted by Gasteiger charge is -2.25. The molecule has 0 radical (unpaired) electrons. The van der Waals surface area contributed by atoms with Crippen molar-refractivity contribution < 1.29 is 190 Å². The number of carbonyl (C=O) groups is 12. The van der Waals surface area contributed by atoms with Crippen LogP contribution in [0.15, 0.2) is 25.3 Å². The summed E-state index contributed by atoms with van der Waals surface area (Å²) in [6.45, 7) is 21.0. The van der Waals surface area contributed by atoms with Crippen LogP contribution in [0.5, 0.6) is 0 Å². The van der Waals surface area contributed by atoms with E-state index in [1.165, 1.54) is 12.2 Å². The molecular weight excluding hydrogens is 1610 g/mol. The second kappa shape index (κ2) is 52.8. The van der Waals surface area contributed by atoms with E-state index < -0.39 is 213 Å². The van der Waals surface area contributed by atoms with Gasteiger partial charge in [-0.2, -0.15) is 25.3 Å². The molecule has 2 aliphatic carbocycles. The van der Waals surface area contributed by atoms with Gasteiger partial charge in [-0.1, -0.05) is 64.8 Å². The molecule has 12 unspecified atom stereocenters. The molecule has 0 aromatic rings. The topological polar surface area (TPSA) is 529 Å². The molecule has 42 nitrogen and oxygen atoms in total. The summed E-state index contributed by atoms with van der Waals surface area (Å²) in [6.07, 6.45) is -1.92. The van der Waals surface area contributed by atoms with Gasteiger partial charge in [0.15, 0.2) is 0 Å². The maximum absolute atomic E-state index is 12.3. The third-order valence-corrected chi connectivity index (χ3v) is 18.5. The Bertz CT molecular complexity index is 3020. The Balaban J connectivity index is 0.000000345. The summed E-state index contributed by atoms with van der Waals surface area (Å²) in [4.78, 5) is 139. The van der Waals surface area contributed by atoms with Gasteiger partial charge in [-0.15, -0.1) is 0 Å². The minimum atomic E-state index is -2.19. The fourth-order valence-electron chi connectivity index (χ4n) is 9.07. The van der Waals surface area contributed by atoms with Gasteiger partial charge in [-0.3, -0.25) is 0 Å². The molecule has 8 fully saturated rings. The molecule has 0 amide bonds. The maximum atomic E-state index is 12.3. The van der Waals surface area contributed by atoms with Crippen LogP contribution in [0.3, 0.4) is 0 Å². The van der Waals surface area contributed by atoms with Crippen molar-refractivity contribution in [3.63, 3.8) is 0 Å². The molecule has 110 heavy (non-hydrogen) atoms. The number of esters is 12. The lowest BCUT2D eigenvalue weighted by Crippen LogP contribution is -2.42. The molecule has 628 valence electrons. The molecule has 48 heteroatoms. The molecule has 12 atom stereocenters. The van der Waals surface area contributed by atoms with Crippen molar-refractivity contribution in [2.24, 2.45) is 0 Å². The van der Waals surface area contributed by atoms with Crippen molar-refractivity contribution in [2.75, 3.05) is 53.9 Å². The van der Waals surface area contributed by atoms with Gasteiger partial charge >= 0.3 is 140 Å². The predicted molar refractivity (Wildman–Crippen MR) is 367 cm³/mol. The van der Waals surface area contributed by atoms with E-state index in [-0.39, 0.29) is 64.1 Å². The molecule has 6 heterocycles. The van der Waals surface area contributed by atoms with E-state index in [0.717, 1.165) is 91.3 Å². The molecular formula is C62H92O42S6. The Labute approximate surface area is 648 Å². The zero-order valence-corrected chi connectivity index (χ0v) is 66.4. The van der Waals surface area contributed by atoms with E-state index in [2.05, 4.69) is 66.7 Å². The molecule has 0 N–H and O–H groups in total. The predicted octanol–water partition coefficient (Wildman–Crippen LogP) is 1.37. The zero-order chi connectivity index (χ0) is 82.2. The second-order valence-corrected chi connectivity index (χ2v) is 28.0. The van der Waals surface area contributed by atoms with Crippen LogP contribution in [0.1, 0.15) is 145 Å². The Hall–Kier alpha value is -6.46. The van der Waals surface area contributed by atoms with Crippen LogP contribution in [0, 0.1) is 0 Å². The minimum Gasteiger partial charge on any atom is -0.467 e. The number of unbranched alkanes of at least 4 members (excludes halogenated alkanes) is 2. The first kappa shape index (κ1) is 97.7. The van der Waals surface area contributed by atoms with Crippen molar-refractivity contribution in [2.45, 2.75) is 243 Å². The smallest absolute Gasteiger partial charge is 0.340 e. The highest BCUT2D eigenvalue weighted by molar-refractivity contribution is 7.76. The lowest BCUT2D eigenvalue weighted by atomic mass is 9.97. The standard InChI is InChI=1S/C16H24O7S.C12H20O7S.C10H16O7S.C10H12O7S.C8H12O7S.C6H8O7S/c17-15(20-11-7-3-1-4-8-11)13-14(23-24(19)22-13)16(18)21-12-9-5-2-6-10-12;1-3-5-7-16-11(13)9-10(19-20(15)18-9)12(14)17-8-6-4-2;1-5(2)14-9(11)7-8(17-18(13)16-7)10(12)15-6(3)4;1-3-5-14-9(11)7-8(17-18(13)16-7)10(12)15-6-4-2;1-3-12-7(9)5-6(8(10)13-4-2)15-16(11)14-5;1-10-5(7)3-4(6(8)11-2)13-14(9)12-3/h11-14H,1-10H2;9-10H,3-8H2,1-2H3;5-8H,1-4H3;3-4,7-8H,1-2,5-6H2;5-6H,3-4H2,1-2H3;3-4H,1-2H3. The van der Waals surface area contributed by atoms with Gasteiger partial charge in [0.05, 0.1) is 52.9 Å². The third kappa shape index (κ3) is 34.1. The zero-order valence-electron chi connectivity index (χ0n) is 61.5. The number of hydrogen-bond acceptors (Lipinski definition) is 42. The second-order valence-electron chi connectivity index (χ2n) is 23.2. The van der Waals surface area contributed by atoms with Gasteiger partial charge in [0.1, 0.15) is 25.4 Å². The summed E-state index contributed by atoms with van der Waals surface area (Å²) in [7, 11) is 2.22. The first-order chi connectivity index (χ1) is 52.3. The summed E-state index contributed by atoms with van der Waals surface area (Å²) in [6, 6.07) is 0. The van der Waals surface area contributed by atoms with E-state index in [1.54, 1.807) is 41.5 Å². The van der Waals surface area contributed by atoms with Crippen LogP contribution < -0.4 is 0 Å². The van der Waals surface area contributed by atoms with Crippen LogP contribution in [0.2, 0.25) is 0 Å². The third-order valence-electron chi connectivity index (χ3n) is 14.1. The SMILES string of the molecule is C=CCOC(=O)C1OS(=O)OC1C(=O)OCC=C.CC(C)OC(=O)C1OS(=O)OC1C(=O)OC(C)C.CCCCOC(=O)C1OS(=O)OC1C(=O)OCCCC.CCOC(=O)C1OS(=O)OC1C(=O)OCC.COC(=O)C1OS(=O)OC1C(=O)OC.O=C(OC1CCCCC1)C1OS(=O)OC1C(=O)OC1CCCCC1. The Morgan fingerprint density at radius 1 is 0.327 bits per heavy atom. The first-order valence-electron chi connectivity index (χ1n) is 34.1. The van der Waals surface area contributed by atoms with Crippen molar-refractivity contribution in [1.82, 2.24) is 0 Å². The monoisotopic (exact) mass is 1700 g/mol. The summed E-state index contributed by atoms with van der Waals surface area (Å²) in [5.74, 6) is -9.55. The highest BCUT2D eigenvalue weighted by Gasteiger charge is 2.53. The summed E-state index contributed by atoms with van der Waals surface area (Å²) in [5, 5.41) is 0. The van der Waals surface area contributed by atoms with Gasteiger partial charge in [-0.25, -0.2) is 108 Å². The fraction of sp³-hybridized carbons (Fsp3) is 0.742. The highest BCUT2D eigenvalue weighted by Crippen LogP contribution is 2.29. The average Bonchev–Trinajstić information content (AvgIpc) is 1.67. The molecule has 0 spiro atoms. The quantitative estimate of drug-likeness (QED) is 0.0462. The molecule has 8 aliphatic rings. The minimum absolute atomic E-state index is 0.0558. The van der Waals surface area contributed by atoms with Crippen LogP contribution in [0.25, 0.3) is 0 Å². The van der Waals surface area contributed by atoms with Gasteiger partial charge in [0.2, 0.25) is 73.2 Å². The van der Waals surface area contributed by atoms with E-state index in [9.17, 15) is 82.8 Å². The summed E-state index contributed by atoms with van der Waals surface area (Å²) >= 11 is -12.9. The number of carbonyl (C=O) groups excluding carboxylic acids is 12. The van der Waals surface area contributed by atoms with Gasteiger partial charge in [-0.05, 0) is 106 Å². The lowest BCUT2D eigenvalue weighted by molar-refractivity contribution is -0.170. The van der Waals surface area contributed by atoms with Gasteiger partial charge < -0.3 is 56.8 Å². The van der Waals surface area contributed by atoms with Crippen molar-refractivity contribution in [1.29, 1.82) is 0 Å². The van der Waals surface area contributed by atoms with Crippen molar-refractivity contribution >= 4 is 140 Å². The highest BCUT2D eigenvalue weighted by atomic mass is 32.2. The molecule has 0 aromatic heterocycles. The summed E-state index contributed by atoms with van der Waals surface area (Å²) < 4.78 is 181. The number of methoxy groups -OCH3 is 2. The molecule has 6 aliphatic heterocycles. The molecule has 0 bridgehead atoms. The van der Waals surface area contributed by atoms with Crippen LogP contribution in [-0.2, 0) is 233 Å². The van der Waals surface area contributed by atoms with E-state index in [0.29, 0.717) is 12.8 Å². The van der Waals surface area contributed by atoms with Crippen LogP contribution in [-0.4, -0.2) is 248 Å². The molecule has 2 saturated carbocycles. The van der Waals surface area contributed by atoms with E-state index >= 15 is 0 Å². The van der Waals surface area contributed by atoms with Gasteiger partial charge in [0, 0.05) is 0 Å². The largest absolute Gasteiger partial charge is 0.467 e. The molecule has 8 rings (SSSR count).